The molecule has 0 radical (unpaired) electrons. The van der Waals surface area contributed by atoms with Gasteiger partial charge in [-0.15, -0.1) is 0 Å². The summed E-state index contributed by atoms with van der Waals surface area (Å²) in [6, 6.07) is 13.3. The lowest BCUT2D eigenvalue weighted by Gasteiger charge is -1.98. The number of ether oxygens (including phenoxy) is 1. The summed E-state index contributed by atoms with van der Waals surface area (Å²) in [6.07, 6.45) is 5.13. The summed E-state index contributed by atoms with van der Waals surface area (Å²) >= 11 is 0. The molecule has 0 aliphatic rings. The number of unbranched alkanes of at least 4 members (excludes halogenated alkanes) is 1. The highest BCUT2D eigenvalue weighted by atomic mass is 16.5. The van der Waals surface area contributed by atoms with Crippen LogP contribution in [0.2, 0.25) is 0 Å². The summed E-state index contributed by atoms with van der Waals surface area (Å²) in [7, 11) is 0. The van der Waals surface area contributed by atoms with Crippen LogP contribution in [0, 0.1) is 0 Å². The van der Waals surface area contributed by atoms with Gasteiger partial charge in [0.1, 0.15) is 0 Å². The van der Waals surface area contributed by atoms with Crippen molar-refractivity contribution in [3.05, 3.63) is 60.0 Å². The molecule has 0 atom stereocenters. The number of fused-ring (bicyclic) bond motifs is 3. The van der Waals surface area contributed by atoms with E-state index in [9.17, 15) is 4.79 Å². The van der Waals surface area contributed by atoms with Gasteiger partial charge in [-0.05, 0) is 38.0 Å². The molecule has 5 heteroatoms. The van der Waals surface area contributed by atoms with Gasteiger partial charge in [-0.2, -0.15) is 4.99 Å². The number of anilines is 1. The zero-order valence-corrected chi connectivity index (χ0v) is 14.2. The van der Waals surface area contributed by atoms with Gasteiger partial charge in [0.05, 0.1) is 23.2 Å². The molecule has 0 aliphatic heterocycles. The van der Waals surface area contributed by atoms with Gasteiger partial charge >= 0.3 is 6.09 Å². The SMILES string of the molecule is CC=CCCCOC(=O)N=c1cccc2c(c1)[nH]c1c(N)cccc12. The van der Waals surface area contributed by atoms with Crippen molar-refractivity contribution in [1.29, 1.82) is 0 Å². The van der Waals surface area contributed by atoms with E-state index in [2.05, 4.69) is 9.98 Å². The Balaban J connectivity index is 1.88. The number of benzene rings is 1. The highest BCUT2D eigenvalue weighted by Gasteiger charge is 2.05. The number of nitrogens with one attached hydrogen (secondary N) is 1. The number of H-pyrrole nitrogens is 1. The molecule has 2 aromatic carbocycles. The van der Waals surface area contributed by atoms with Crippen molar-refractivity contribution in [3.8, 4) is 0 Å². The smallest absolute Gasteiger partial charge is 0.434 e. The summed E-state index contributed by atoms with van der Waals surface area (Å²) in [6.45, 7) is 2.33. The van der Waals surface area contributed by atoms with Gasteiger partial charge in [0.15, 0.2) is 0 Å². The topological polar surface area (TPSA) is 80.5 Å². The van der Waals surface area contributed by atoms with Crippen LogP contribution in [0.4, 0.5) is 10.5 Å². The number of carbonyl (C=O) groups excluding carboxylic acids is 1. The van der Waals surface area contributed by atoms with E-state index in [-0.39, 0.29) is 0 Å². The van der Waals surface area contributed by atoms with E-state index in [0.717, 1.165) is 34.6 Å². The maximum atomic E-state index is 11.9. The van der Waals surface area contributed by atoms with Crippen molar-refractivity contribution >= 4 is 33.6 Å². The Morgan fingerprint density at radius 3 is 2.88 bits per heavy atom. The first-order chi connectivity index (χ1) is 12.2. The summed E-state index contributed by atoms with van der Waals surface area (Å²) in [5, 5.41) is 2.62. The maximum Gasteiger partial charge on any atom is 0.434 e. The van der Waals surface area contributed by atoms with Crippen LogP contribution in [0.15, 0.2) is 59.6 Å². The van der Waals surface area contributed by atoms with Crippen LogP contribution in [0.5, 0.6) is 0 Å². The lowest BCUT2D eigenvalue weighted by Crippen LogP contribution is -2.07. The fourth-order valence-electron chi connectivity index (χ4n) is 2.75. The summed E-state index contributed by atoms with van der Waals surface area (Å²) in [5.74, 6) is 0. The molecule has 5 nitrogen and oxygen atoms in total. The molecule has 1 aromatic heterocycles. The van der Waals surface area contributed by atoms with E-state index < -0.39 is 6.09 Å². The second-order valence-corrected chi connectivity index (χ2v) is 5.75. The molecule has 25 heavy (non-hydrogen) atoms. The minimum Gasteiger partial charge on any atom is -0.448 e. The van der Waals surface area contributed by atoms with Crippen LogP contribution in [0.3, 0.4) is 0 Å². The average Bonchev–Trinajstić information content (AvgIpc) is 2.82. The number of nitrogens with zero attached hydrogens (tertiary/aromatic N) is 1. The Morgan fingerprint density at radius 2 is 2.04 bits per heavy atom. The highest BCUT2D eigenvalue weighted by molar-refractivity contribution is 6.10. The van der Waals surface area contributed by atoms with Crippen LogP contribution in [0.25, 0.3) is 21.8 Å². The third kappa shape index (κ3) is 3.88. The predicted octanol–water partition coefficient (Wildman–Crippen LogP) is 4.30. The molecule has 0 spiro atoms. The van der Waals surface area contributed by atoms with Crippen molar-refractivity contribution in [2.75, 3.05) is 12.3 Å². The van der Waals surface area contributed by atoms with Crippen molar-refractivity contribution in [1.82, 2.24) is 4.98 Å². The van der Waals surface area contributed by atoms with Gasteiger partial charge in [-0.25, -0.2) is 4.79 Å². The molecule has 3 rings (SSSR count). The van der Waals surface area contributed by atoms with E-state index >= 15 is 0 Å². The van der Waals surface area contributed by atoms with Crippen molar-refractivity contribution in [2.24, 2.45) is 4.99 Å². The molecule has 128 valence electrons. The van der Waals surface area contributed by atoms with Gasteiger partial charge in [0.2, 0.25) is 0 Å². The predicted molar refractivity (Wildman–Crippen MR) is 101 cm³/mol. The lowest BCUT2D eigenvalue weighted by molar-refractivity contribution is 0.155. The normalized spacial score (nSPS) is 12.3. The zero-order chi connectivity index (χ0) is 17.6. The molecule has 0 bridgehead atoms. The van der Waals surface area contributed by atoms with Crippen molar-refractivity contribution < 1.29 is 9.53 Å². The monoisotopic (exact) mass is 335 g/mol. The minimum atomic E-state index is -0.574. The number of aromatic nitrogens is 1. The number of rotatable bonds is 4. The molecule has 0 aliphatic carbocycles. The highest BCUT2D eigenvalue weighted by Crippen LogP contribution is 2.27. The molecular formula is C20H21N3O2. The van der Waals surface area contributed by atoms with E-state index in [0.29, 0.717) is 17.7 Å². The van der Waals surface area contributed by atoms with E-state index in [1.54, 1.807) is 6.07 Å². The third-order valence-corrected chi connectivity index (χ3v) is 3.96. The van der Waals surface area contributed by atoms with Crippen LogP contribution < -0.4 is 11.1 Å². The molecular weight excluding hydrogens is 314 g/mol. The minimum absolute atomic E-state index is 0.365. The average molecular weight is 335 g/mol. The number of para-hydroxylation sites is 1. The Kier molecular flexibility index (Phi) is 5.14. The van der Waals surface area contributed by atoms with Crippen LogP contribution in [-0.2, 0) is 4.74 Å². The number of hydrogen-bond acceptors (Lipinski definition) is 3. The molecule has 3 N–H and O–H groups in total. The van der Waals surface area contributed by atoms with Gasteiger partial charge in [-0.1, -0.05) is 36.4 Å². The number of hydrogen-bond donors (Lipinski definition) is 2. The van der Waals surface area contributed by atoms with Gasteiger partial charge < -0.3 is 15.5 Å². The molecule has 0 unspecified atom stereocenters. The fourth-order valence-corrected chi connectivity index (χ4v) is 2.75. The Labute approximate surface area is 145 Å². The van der Waals surface area contributed by atoms with Gasteiger partial charge in [-0.3, -0.25) is 0 Å². The van der Waals surface area contributed by atoms with Gasteiger partial charge in [0.25, 0.3) is 0 Å². The number of aromatic amines is 1. The van der Waals surface area contributed by atoms with E-state index in [4.69, 9.17) is 10.5 Å². The van der Waals surface area contributed by atoms with Crippen molar-refractivity contribution in [2.45, 2.75) is 19.8 Å². The second-order valence-electron chi connectivity index (χ2n) is 5.75. The molecule has 1 heterocycles. The number of carbonyl (C=O) groups is 1. The molecule has 0 fully saturated rings. The third-order valence-electron chi connectivity index (χ3n) is 3.96. The molecule has 1 amide bonds. The number of allylic oxidation sites excluding steroid dienone is 2. The maximum absolute atomic E-state index is 11.9. The van der Waals surface area contributed by atoms with Crippen molar-refractivity contribution in [3.63, 3.8) is 0 Å². The summed E-state index contributed by atoms with van der Waals surface area (Å²) < 4.78 is 5.14. The van der Waals surface area contributed by atoms with E-state index in [1.165, 1.54) is 0 Å². The van der Waals surface area contributed by atoms with Crippen LogP contribution >= 0.6 is 0 Å². The van der Waals surface area contributed by atoms with Crippen LogP contribution in [0.1, 0.15) is 19.8 Å². The zero-order valence-electron chi connectivity index (χ0n) is 14.2. The van der Waals surface area contributed by atoms with Gasteiger partial charge in [0, 0.05) is 16.3 Å². The van der Waals surface area contributed by atoms with E-state index in [1.807, 2.05) is 55.5 Å². The fraction of sp³-hybridized carbons (Fsp3) is 0.200. The molecule has 0 saturated carbocycles. The first-order valence-electron chi connectivity index (χ1n) is 8.32. The standard InChI is InChI=1S/C20H21N3O2/c1-2-3-4-5-12-25-20(24)22-14-8-6-9-15-16-10-7-11-17(21)19(16)23-18(15)13-14/h2-3,6-11,13,23H,4-5,12,21H2,1H3. The van der Waals surface area contributed by atoms with Crippen LogP contribution in [-0.4, -0.2) is 17.7 Å². The second kappa shape index (κ2) is 7.66. The summed E-state index contributed by atoms with van der Waals surface area (Å²) in [5.41, 5.74) is 8.48. The largest absolute Gasteiger partial charge is 0.448 e. The first kappa shape index (κ1) is 16.8. The Bertz CT molecular complexity index is 1000. The lowest BCUT2D eigenvalue weighted by atomic mass is 10.2. The summed E-state index contributed by atoms with van der Waals surface area (Å²) in [4.78, 5) is 19.2. The first-order valence-corrected chi connectivity index (χ1v) is 8.32. The molecule has 3 aromatic rings. The number of nitrogen functional groups attached to an aromatic ring is 1. The number of nitrogens with two attached hydrogens (primary N) is 1. The quantitative estimate of drug-likeness (QED) is 0.424. The molecule has 0 saturated heterocycles. The Hall–Kier alpha value is -3.08. The number of amides is 1. The Morgan fingerprint density at radius 1 is 1.24 bits per heavy atom.